The monoisotopic (exact) mass is 650 g/mol. The van der Waals surface area contributed by atoms with Gasteiger partial charge in [0.15, 0.2) is 17.3 Å². The molecule has 3 heterocycles. The van der Waals surface area contributed by atoms with Crippen LogP contribution in [-0.2, 0) is 13.1 Å². The number of nitrogens with zero attached hydrogens (tertiary/aromatic N) is 6. The van der Waals surface area contributed by atoms with Crippen LogP contribution in [0.1, 0.15) is 49.1 Å². The first kappa shape index (κ1) is 31.3. The molecule has 0 amide bonds. The zero-order chi connectivity index (χ0) is 34.1. The number of aromatic nitrogens is 6. The molecule has 0 spiro atoms. The third kappa shape index (κ3) is 5.87. The van der Waals surface area contributed by atoms with E-state index in [1.165, 1.54) is 10.9 Å². The number of aromatic carboxylic acids is 3. The number of hydrogen-bond acceptors (Lipinski definition) is 10. The normalized spacial score (nSPS) is 11.1. The molecule has 1 aromatic heterocycles. The van der Waals surface area contributed by atoms with Crippen LogP contribution in [0.25, 0.3) is 34.1 Å². The molecule has 0 saturated heterocycles. The lowest BCUT2D eigenvalue weighted by molar-refractivity contribution is 0.0649. The van der Waals surface area contributed by atoms with Crippen LogP contribution in [0.4, 0.5) is 0 Å². The third-order valence-electron chi connectivity index (χ3n) is 7.54. The van der Waals surface area contributed by atoms with Gasteiger partial charge in [-0.05, 0) is 54.4 Å². The van der Waals surface area contributed by atoms with Crippen molar-refractivity contribution in [3.63, 3.8) is 0 Å². The van der Waals surface area contributed by atoms with Crippen LogP contribution in [0.2, 0.25) is 0 Å². The van der Waals surface area contributed by atoms with Crippen molar-refractivity contribution in [1.82, 2.24) is 29.1 Å². The van der Waals surface area contributed by atoms with Crippen LogP contribution in [0.15, 0.2) is 71.8 Å². The van der Waals surface area contributed by atoms with Crippen LogP contribution < -0.4 is 15.2 Å². The summed E-state index contributed by atoms with van der Waals surface area (Å²) in [6.07, 6.45) is 1.48. The largest absolute Gasteiger partial charge is 0.497 e. The summed E-state index contributed by atoms with van der Waals surface area (Å²) in [5.41, 5.74) is -0.995. The number of carboxylic acid groups (broad SMARTS) is 3. The smallest absolute Gasteiger partial charge is 0.350 e. The SMILES string of the molecule is CCOc1ccc(Cn2c3nc(-c4cc(C(=O)O)c(C(=O)O)cc4C(=O)O)nc4c(ncn4Cc4ccc(OC)cc4)c-3nc2=O)cc1. The second-order valence-corrected chi connectivity index (χ2v) is 10.5. The average molecular weight is 651 g/mol. The lowest BCUT2D eigenvalue weighted by Gasteiger charge is -2.10. The number of methoxy groups -OCH3 is 1. The molecule has 0 saturated carbocycles. The Morgan fingerprint density at radius 1 is 0.771 bits per heavy atom. The van der Waals surface area contributed by atoms with Gasteiger partial charge in [0.1, 0.15) is 22.7 Å². The van der Waals surface area contributed by atoms with Crippen molar-refractivity contribution in [1.29, 1.82) is 0 Å². The van der Waals surface area contributed by atoms with E-state index in [4.69, 9.17) is 9.47 Å². The number of imidazole rings is 2. The van der Waals surface area contributed by atoms with Gasteiger partial charge in [-0.25, -0.2) is 34.1 Å². The zero-order valence-electron chi connectivity index (χ0n) is 25.4. The number of ether oxygens (including phenoxy) is 2. The fourth-order valence-corrected chi connectivity index (χ4v) is 5.24. The molecular formula is C33H26N6O9. The molecule has 0 radical (unpaired) electrons. The fraction of sp³-hybridized carbons (Fsp3) is 0.152. The lowest BCUT2D eigenvalue weighted by atomic mass is 9.97. The highest BCUT2D eigenvalue weighted by atomic mass is 16.5. The third-order valence-corrected chi connectivity index (χ3v) is 7.54. The summed E-state index contributed by atoms with van der Waals surface area (Å²) in [5.74, 6) is -3.80. The molecule has 0 fully saturated rings. The Morgan fingerprint density at radius 2 is 1.38 bits per heavy atom. The van der Waals surface area contributed by atoms with Gasteiger partial charge < -0.3 is 29.4 Å². The minimum atomic E-state index is -1.63. The number of carboxylic acids is 3. The molecule has 242 valence electrons. The summed E-state index contributed by atoms with van der Waals surface area (Å²) >= 11 is 0. The number of carbonyl (C=O) groups is 3. The lowest BCUT2D eigenvalue weighted by Crippen LogP contribution is -2.18. The first-order valence-corrected chi connectivity index (χ1v) is 14.4. The van der Waals surface area contributed by atoms with E-state index in [0.29, 0.717) is 23.7 Å². The minimum Gasteiger partial charge on any atom is -0.497 e. The van der Waals surface area contributed by atoms with Crippen LogP contribution in [0, 0.1) is 0 Å². The Balaban J connectivity index is 1.61. The molecule has 4 aromatic rings. The van der Waals surface area contributed by atoms with E-state index < -0.39 is 40.3 Å². The van der Waals surface area contributed by atoms with E-state index >= 15 is 0 Å². The van der Waals surface area contributed by atoms with Crippen molar-refractivity contribution < 1.29 is 39.2 Å². The van der Waals surface area contributed by atoms with Gasteiger partial charge in [-0.15, -0.1) is 0 Å². The summed E-state index contributed by atoms with van der Waals surface area (Å²) < 4.78 is 13.7. The minimum absolute atomic E-state index is 0.00314. The maximum atomic E-state index is 13.4. The van der Waals surface area contributed by atoms with E-state index in [0.717, 1.165) is 17.7 Å². The van der Waals surface area contributed by atoms with Gasteiger partial charge in [-0.3, -0.25) is 4.57 Å². The van der Waals surface area contributed by atoms with E-state index in [9.17, 15) is 34.5 Å². The Labute approximate surface area is 270 Å². The van der Waals surface area contributed by atoms with E-state index in [1.807, 2.05) is 19.1 Å². The van der Waals surface area contributed by atoms with Crippen molar-refractivity contribution >= 4 is 29.1 Å². The van der Waals surface area contributed by atoms with E-state index in [1.54, 1.807) is 48.1 Å². The first-order valence-electron chi connectivity index (χ1n) is 14.4. The topological polar surface area (TPSA) is 209 Å². The van der Waals surface area contributed by atoms with Gasteiger partial charge in [-0.2, -0.15) is 4.98 Å². The molecule has 15 heteroatoms. The Hall–Kier alpha value is -6.64. The summed E-state index contributed by atoms with van der Waals surface area (Å²) in [4.78, 5) is 67.9. The summed E-state index contributed by atoms with van der Waals surface area (Å²) in [6, 6.07) is 15.9. The van der Waals surface area contributed by atoms with Gasteiger partial charge >= 0.3 is 23.6 Å². The van der Waals surface area contributed by atoms with Crippen LogP contribution in [0.3, 0.4) is 0 Å². The quantitative estimate of drug-likeness (QED) is 0.183. The molecule has 2 aliphatic heterocycles. The van der Waals surface area contributed by atoms with Gasteiger partial charge in [0, 0.05) is 5.56 Å². The molecule has 48 heavy (non-hydrogen) atoms. The summed E-state index contributed by atoms with van der Waals surface area (Å²) in [6.45, 7) is 2.58. The standard InChI is InChI=1S/C33H26N6O9/c1-3-48-20-10-6-18(7-11-20)15-39-29-26(35-33(39)46)25-28(38(16-34-25)14-17-4-8-19(47-2)9-5-17)36-27(37-29)21-12-23(31(42)43)24(32(44)45)13-22(21)30(40)41/h4-13,16H,3,14-15H2,1-2H3,(H,40,41)(H,42,43)(H,44,45). The molecule has 0 atom stereocenters. The molecule has 15 nitrogen and oxygen atoms in total. The van der Waals surface area contributed by atoms with Crippen molar-refractivity contribution in [2.45, 2.75) is 20.0 Å². The molecule has 0 aliphatic carbocycles. The second-order valence-electron chi connectivity index (χ2n) is 10.5. The van der Waals surface area contributed by atoms with E-state index in [-0.39, 0.29) is 47.2 Å². The second kappa shape index (κ2) is 12.6. The number of hydrogen-bond donors (Lipinski definition) is 3. The zero-order valence-corrected chi connectivity index (χ0v) is 25.4. The highest BCUT2D eigenvalue weighted by Gasteiger charge is 2.28. The molecule has 3 N–H and O–H groups in total. The van der Waals surface area contributed by atoms with Gasteiger partial charge in [0.2, 0.25) is 0 Å². The first-order chi connectivity index (χ1) is 23.1. The van der Waals surface area contributed by atoms with Gasteiger partial charge in [0.05, 0.1) is 49.8 Å². The maximum absolute atomic E-state index is 13.4. The predicted molar refractivity (Wildman–Crippen MR) is 169 cm³/mol. The van der Waals surface area contributed by atoms with Gasteiger partial charge in [-0.1, -0.05) is 24.3 Å². The molecule has 6 rings (SSSR count). The Bertz CT molecular complexity index is 2240. The Morgan fingerprint density at radius 3 is 1.98 bits per heavy atom. The highest BCUT2D eigenvalue weighted by molar-refractivity contribution is 6.07. The predicted octanol–water partition coefficient (Wildman–Crippen LogP) is 3.75. The maximum Gasteiger partial charge on any atom is 0.350 e. The number of fused-ring (bicyclic) bond motifs is 3. The average Bonchev–Trinajstić information content (AvgIpc) is 3.54. The highest BCUT2D eigenvalue weighted by Crippen LogP contribution is 2.31. The summed E-state index contributed by atoms with van der Waals surface area (Å²) in [5, 5.41) is 29.6. The van der Waals surface area contributed by atoms with Crippen molar-refractivity contribution in [3.8, 4) is 34.4 Å². The van der Waals surface area contributed by atoms with Crippen molar-refractivity contribution in [2.75, 3.05) is 13.7 Å². The molecule has 2 aliphatic rings. The molecule has 0 bridgehead atoms. The summed E-state index contributed by atoms with van der Waals surface area (Å²) in [7, 11) is 1.55. The Kier molecular flexibility index (Phi) is 8.25. The van der Waals surface area contributed by atoms with Crippen LogP contribution >= 0.6 is 0 Å². The van der Waals surface area contributed by atoms with Crippen molar-refractivity contribution in [3.05, 3.63) is 105 Å². The number of rotatable bonds is 11. The number of benzene rings is 3. The van der Waals surface area contributed by atoms with E-state index in [2.05, 4.69) is 19.9 Å². The molecular weight excluding hydrogens is 624 g/mol. The van der Waals surface area contributed by atoms with Crippen LogP contribution in [-0.4, -0.2) is 76.0 Å². The van der Waals surface area contributed by atoms with Crippen molar-refractivity contribution in [2.24, 2.45) is 0 Å². The fourth-order valence-electron chi connectivity index (χ4n) is 5.24. The molecule has 0 unspecified atom stereocenters. The van der Waals surface area contributed by atoms with Crippen LogP contribution in [0.5, 0.6) is 11.5 Å². The molecule has 3 aromatic carbocycles. The van der Waals surface area contributed by atoms with Gasteiger partial charge in [0.25, 0.3) is 0 Å².